The zero-order valence-electron chi connectivity index (χ0n) is 11.8. The SMILES string of the molecule is CC(C)(CO)CO.O=CC1CCCCC1.OB(O)O. The highest BCUT2D eigenvalue weighted by Gasteiger charge is 2.13. The summed E-state index contributed by atoms with van der Waals surface area (Å²) in [5.74, 6) is 0.406. The first-order valence-corrected chi connectivity index (χ1v) is 6.50. The Labute approximate surface area is 115 Å². The van der Waals surface area contributed by atoms with E-state index in [1.165, 1.54) is 19.3 Å². The first kappa shape index (κ1) is 20.8. The first-order chi connectivity index (χ1) is 8.79. The molecule has 1 rings (SSSR count). The Bertz CT molecular complexity index is 196. The van der Waals surface area contributed by atoms with Crippen LogP contribution < -0.4 is 0 Å². The molecular formula is C12H27BO6. The molecule has 114 valence electrons. The van der Waals surface area contributed by atoms with E-state index < -0.39 is 7.32 Å². The molecular weight excluding hydrogens is 251 g/mol. The molecule has 0 unspecified atom stereocenters. The van der Waals surface area contributed by atoms with Crippen LogP contribution in [0.25, 0.3) is 0 Å². The van der Waals surface area contributed by atoms with Crippen LogP contribution >= 0.6 is 0 Å². The lowest BCUT2D eigenvalue weighted by molar-refractivity contribution is -0.111. The van der Waals surface area contributed by atoms with Crippen molar-refractivity contribution in [3.63, 3.8) is 0 Å². The minimum Gasteiger partial charge on any atom is -0.402 e. The van der Waals surface area contributed by atoms with Gasteiger partial charge in [0.2, 0.25) is 0 Å². The zero-order chi connectivity index (χ0) is 15.3. The lowest BCUT2D eigenvalue weighted by atomic mass is 9.91. The van der Waals surface area contributed by atoms with E-state index in [0.717, 1.165) is 19.1 Å². The van der Waals surface area contributed by atoms with Crippen molar-refractivity contribution in [2.24, 2.45) is 11.3 Å². The highest BCUT2D eigenvalue weighted by Crippen LogP contribution is 2.21. The molecule has 0 saturated heterocycles. The number of carbonyl (C=O) groups excluding carboxylic acids is 1. The number of rotatable bonds is 3. The summed E-state index contributed by atoms with van der Waals surface area (Å²) in [6.07, 6.45) is 7.27. The van der Waals surface area contributed by atoms with Gasteiger partial charge >= 0.3 is 7.32 Å². The molecule has 1 aliphatic carbocycles. The predicted molar refractivity (Wildman–Crippen MR) is 73.0 cm³/mol. The molecule has 19 heavy (non-hydrogen) atoms. The van der Waals surface area contributed by atoms with E-state index in [-0.39, 0.29) is 18.6 Å². The van der Waals surface area contributed by atoms with E-state index in [2.05, 4.69) is 0 Å². The highest BCUT2D eigenvalue weighted by molar-refractivity contribution is 6.30. The van der Waals surface area contributed by atoms with Gasteiger partial charge in [-0.05, 0) is 12.8 Å². The molecule has 0 spiro atoms. The van der Waals surface area contributed by atoms with E-state index in [9.17, 15) is 4.79 Å². The summed E-state index contributed by atoms with van der Waals surface area (Å²) in [4.78, 5) is 10.2. The fourth-order valence-corrected chi connectivity index (χ4v) is 1.32. The molecule has 0 aromatic heterocycles. The van der Waals surface area contributed by atoms with Gasteiger partial charge in [0.15, 0.2) is 0 Å². The molecule has 0 aromatic carbocycles. The van der Waals surface area contributed by atoms with Crippen molar-refractivity contribution in [2.45, 2.75) is 46.0 Å². The molecule has 5 N–H and O–H groups in total. The summed E-state index contributed by atoms with van der Waals surface area (Å²) in [5.41, 5.74) is -0.306. The van der Waals surface area contributed by atoms with E-state index in [0.29, 0.717) is 5.92 Å². The van der Waals surface area contributed by atoms with E-state index in [1.807, 2.05) is 0 Å². The number of hydrogen-bond acceptors (Lipinski definition) is 6. The van der Waals surface area contributed by atoms with Crippen LogP contribution in [0, 0.1) is 11.3 Å². The molecule has 1 fully saturated rings. The number of carbonyl (C=O) groups is 1. The van der Waals surface area contributed by atoms with Gasteiger partial charge < -0.3 is 30.1 Å². The fraction of sp³-hybridized carbons (Fsp3) is 0.917. The maximum Gasteiger partial charge on any atom is 0.631 e. The van der Waals surface area contributed by atoms with Crippen molar-refractivity contribution >= 4 is 13.6 Å². The maximum atomic E-state index is 10.2. The Morgan fingerprint density at radius 1 is 1.05 bits per heavy atom. The van der Waals surface area contributed by atoms with Crippen molar-refractivity contribution in [2.75, 3.05) is 13.2 Å². The molecule has 0 atom stereocenters. The van der Waals surface area contributed by atoms with Crippen LogP contribution in [0.1, 0.15) is 46.0 Å². The second-order valence-corrected chi connectivity index (χ2v) is 5.36. The summed E-state index contributed by atoms with van der Waals surface area (Å²) in [6.45, 7) is 3.69. The molecule has 0 aromatic rings. The lowest BCUT2D eigenvalue weighted by Crippen LogP contribution is -2.20. The normalized spacial score (nSPS) is 15.5. The minimum absolute atomic E-state index is 0.0451. The topological polar surface area (TPSA) is 118 Å². The third-order valence-electron chi connectivity index (χ3n) is 2.70. The molecule has 0 amide bonds. The van der Waals surface area contributed by atoms with Crippen LogP contribution in [-0.4, -0.2) is 52.1 Å². The molecule has 6 nitrogen and oxygen atoms in total. The van der Waals surface area contributed by atoms with E-state index >= 15 is 0 Å². The van der Waals surface area contributed by atoms with E-state index in [1.54, 1.807) is 13.8 Å². The summed E-state index contributed by atoms with van der Waals surface area (Å²) in [6, 6.07) is 0. The van der Waals surface area contributed by atoms with Crippen LogP contribution in [0.3, 0.4) is 0 Å². The number of aldehydes is 1. The second-order valence-electron chi connectivity index (χ2n) is 5.36. The van der Waals surface area contributed by atoms with Crippen molar-refractivity contribution in [1.29, 1.82) is 0 Å². The van der Waals surface area contributed by atoms with Crippen LogP contribution in [0.5, 0.6) is 0 Å². The average molecular weight is 278 g/mol. The standard InChI is InChI=1S/C7H12O.C5H12O2.BH3O3/c8-6-7-4-2-1-3-5-7;1-5(2,3-6)4-7;2-1(3)4/h6-7H,1-5H2;6-7H,3-4H2,1-2H3;2-4H. The zero-order valence-corrected chi connectivity index (χ0v) is 11.8. The van der Waals surface area contributed by atoms with Gasteiger partial charge in [-0.25, -0.2) is 0 Å². The smallest absolute Gasteiger partial charge is 0.402 e. The lowest BCUT2D eigenvalue weighted by Gasteiger charge is -2.16. The van der Waals surface area contributed by atoms with Crippen molar-refractivity contribution < 1.29 is 30.1 Å². The Morgan fingerprint density at radius 3 is 1.58 bits per heavy atom. The number of aliphatic hydroxyl groups excluding tert-OH is 2. The second kappa shape index (κ2) is 12.6. The summed E-state index contributed by atoms with van der Waals surface area (Å²) < 4.78 is 0. The van der Waals surface area contributed by atoms with Gasteiger partial charge in [-0.15, -0.1) is 0 Å². The largest absolute Gasteiger partial charge is 0.631 e. The minimum atomic E-state index is -2.17. The number of aliphatic hydroxyl groups is 2. The first-order valence-electron chi connectivity index (χ1n) is 6.50. The predicted octanol–water partition coefficient (Wildman–Crippen LogP) is -0.289. The van der Waals surface area contributed by atoms with Gasteiger partial charge in [-0.1, -0.05) is 33.1 Å². The van der Waals surface area contributed by atoms with Crippen LogP contribution in [-0.2, 0) is 4.79 Å². The summed E-state index contributed by atoms with van der Waals surface area (Å²) in [7, 11) is -2.17. The molecule has 0 radical (unpaired) electrons. The van der Waals surface area contributed by atoms with Crippen molar-refractivity contribution in [3.05, 3.63) is 0 Å². The average Bonchev–Trinajstić information content (AvgIpc) is 2.40. The molecule has 1 saturated carbocycles. The summed E-state index contributed by atoms with van der Waals surface area (Å²) in [5, 5.41) is 38.4. The Hall–Kier alpha value is -0.465. The maximum absolute atomic E-state index is 10.2. The van der Waals surface area contributed by atoms with Gasteiger partial charge in [0.1, 0.15) is 6.29 Å². The molecule has 7 heteroatoms. The third-order valence-corrected chi connectivity index (χ3v) is 2.70. The van der Waals surface area contributed by atoms with Gasteiger partial charge in [0.25, 0.3) is 0 Å². The molecule has 0 aliphatic heterocycles. The van der Waals surface area contributed by atoms with Gasteiger partial charge in [0, 0.05) is 11.3 Å². The van der Waals surface area contributed by atoms with Gasteiger partial charge in [0.05, 0.1) is 13.2 Å². The van der Waals surface area contributed by atoms with Crippen LogP contribution in [0.15, 0.2) is 0 Å². The quantitative estimate of drug-likeness (QED) is 0.357. The van der Waals surface area contributed by atoms with Gasteiger partial charge in [-0.2, -0.15) is 0 Å². The molecule has 0 heterocycles. The van der Waals surface area contributed by atoms with Crippen molar-refractivity contribution in [1.82, 2.24) is 0 Å². The Balaban J connectivity index is 0. The monoisotopic (exact) mass is 278 g/mol. The van der Waals surface area contributed by atoms with Crippen molar-refractivity contribution in [3.8, 4) is 0 Å². The summed E-state index contributed by atoms with van der Waals surface area (Å²) >= 11 is 0. The Kier molecular flexibility index (Phi) is 13.8. The number of hydrogen-bond donors (Lipinski definition) is 5. The fourth-order valence-electron chi connectivity index (χ4n) is 1.32. The van der Waals surface area contributed by atoms with E-state index in [4.69, 9.17) is 25.3 Å². The molecule has 1 aliphatic rings. The van der Waals surface area contributed by atoms with Crippen LogP contribution in [0.2, 0.25) is 0 Å². The van der Waals surface area contributed by atoms with Crippen LogP contribution in [0.4, 0.5) is 0 Å². The highest BCUT2D eigenvalue weighted by atomic mass is 16.5. The molecule has 0 bridgehead atoms. The van der Waals surface area contributed by atoms with Gasteiger partial charge in [-0.3, -0.25) is 0 Å². The Morgan fingerprint density at radius 2 is 1.42 bits per heavy atom. The third kappa shape index (κ3) is 17.5.